The van der Waals surface area contributed by atoms with Crippen molar-refractivity contribution in [1.29, 1.82) is 0 Å². The van der Waals surface area contributed by atoms with Gasteiger partial charge in [0.25, 0.3) is 0 Å². The van der Waals surface area contributed by atoms with E-state index in [0.29, 0.717) is 0 Å². The predicted molar refractivity (Wildman–Crippen MR) is 163 cm³/mol. The summed E-state index contributed by atoms with van der Waals surface area (Å²) in [5.74, 6) is 0. The minimum atomic E-state index is -1.45. The Labute approximate surface area is 260 Å². The summed E-state index contributed by atoms with van der Waals surface area (Å²) in [6.45, 7) is 39.2. The number of hydrogen-bond acceptors (Lipinski definition) is 3. The van der Waals surface area contributed by atoms with Gasteiger partial charge in [0.15, 0.2) is 0 Å². The number of rotatable bonds is 9. The SMILES string of the molecule is C[Si](C)(C)N([C-]=O)[Si](C)(C)C.C[Si](C)(C)N([C-]=O)[Si](C)(C)C.C[Si](C)(C)N([C-]=O)[Si](C)(C)C.[Eu+3]. The molecule has 0 heterocycles. The van der Waals surface area contributed by atoms with Crippen LogP contribution in [0.2, 0.25) is 118 Å². The van der Waals surface area contributed by atoms with Crippen LogP contribution in [0.3, 0.4) is 0 Å². The molecular weight excluding hydrogens is 663 g/mol. The van der Waals surface area contributed by atoms with Crippen LogP contribution in [0.4, 0.5) is 0 Å². The second-order valence-electron chi connectivity index (χ2n) is 14.3. The normalized spacial score (nSPS) is 12.5. The molecule has 0 saturated heterocycles. The summed E-state index contributed by atoms with van der Waals surface area (Å²) in [4.78, 5) is 32.0. The van der Waals surface area contributed by atoms with Crippen LogP contribution >= 0.6 is 0 Å². The van der Waals surface area contributed by atoms with Gasteiger partial charge in [0.1, 0.15) is 49.4 Å². The summed E-state index contributed by atoms with van der Waals surface area (Å²) in [5.41, 5.74) is 0. The molecule has 0 radical (unpaired) electrons. The Morgan fingerprint density at radius 2 is 0.412 bits per heavy atom. The maximum Gasteiger partial charge on any atom is 3.00 e. The van der Waals surface area contributed by atoms with Crippen molar-refractivity contribution < 1.29 is 63.8 Å². The first kappa shape index (κ1) is 42.4. The fourth-order valence-corrected chi connectivity index (χ4v) is 29.6. The first-order valence-electron chi connectivity index (χ1n) is 11.6. The van der Waals surface area contributed by atoms with E-state index in [4.69, 9.17) is 0 Å². The van der Waals surface area contributed by atoms with Crippen LogP contribution in [0.5, 0.6) is 0 Å². The quantitative estimate of drug-likeness (QED) is 0.165. The van der Waals surface area contributed by atoms with Crippen molar-refractivity contribution in [2.24, 2.45) is 0 Å². The Morgan fingerprint density at radius 1 is 0.324 bits per heavy atom. The van der Waals surface area contributed by atoms with Gasteiger partial charge in [-0.3, -0.25) is 0 Å². The monoisotopic (exact) mass is 717 g/mol. The van der Waals surface area contributed by atoms with E-state index < -0.39 is 49.4 Å². The third-order valence-corrected chi connectivity index (χ3v) is 25.0. The molecule has 0 bridgehead atoms. The van der Waals surface area contributed by atoms with Crippen LogP contribution in [-0.4, -0.2) is 81.3 Å². The van der Waals surface area contributed by atoms with Crippen molar-refractivity contribution in [3.05, 3.63) is 0 Å². The zero-order chi connectivity index (χ0) is 27.9. The van der Waals surface area contributed by atoms with Crippen molar-refractivity contribution in [3.63, 3.8) is 0 Å². The Balaban J connectivity index is -0.000000196. The first-order chi connectivity index (χ1) is 14.1. The second kappa shape index (κ2) is 15.6. The molecule has 0 aliphatic carbocycles. The van der Waals surface area contributed by atoms with Gasteiger partial charge in [-0.2, -0.15) is 19.2 Å². The van der Waals surface area contributed by atoms with Crippen molar-refractivity contribution in [2.45, 2.75) is 118 Å². The van der Waals surface area contributed by atoms with E-state index in [1.807, 2.05) is 12.7 Å². The molecule has 0 atom stereocenters. The van der Waals surface area contributed by atoms with Crippen LogP contribution in [0.1, 0.15) is 0 Å². The number of hydrogen-bond donors (Lipinski definition) is 0. The van der Waals surface area contributed by atoms with E-state index in [1.165, 1.54) is 0 Å². The Kier molecular flexibility index (Phi) is 19.5. The summed E-state index contributed by atoms with van der Waals surface area (Å²) in [6, 6.07) is 0. The molecule has 0 saturated carbocycles. The zero-order valence-electron chi connectivity index (χ0n) is 25.4. The maximum absolute atomic E-state index is 10.7. The van der Waals surface area contributed by atoms with Gasteiger partial charge in [0, 0.05) is 0 Å². The molecule has 0 spiro atoms. The van der Waals surface area contributed by atoms with Gasteiger partial charge in [-0.1, -0.05) is 118 Å². The number of carbonyl (C=O) groups excluding carboxylic acids is 3. The summed E-state index contributed by atoms with van der Waals surface area (Å²) >= 11 is 0. The average molecular weight is 717 g/mol. The van der Waals surface area contributed by atoms with Crippen LogP contribution < -0.4 is 0 Å². The second-order valence-corrected chi connectivity index (χ2v) is 44.4. The van der Waals surface area contributed by atoms with E-state index in [0.717, 1.165) is 0 Å². The van der Waals surface area contributed by atoms with Gasteiger partial charge in [-0.15, -0.1) is 0 Å². The third kappa shape index (κ3) is 18.5. The van der Waals surface area contributed by atoms with Crippen LogP contribution in [0, 0.1) is 49.4 Å². The van der Waals surface area contributed by atoms with Crippen LogP contribution in [0.25, 0.3) is 0 Å². The molecule has 202 valence electrons. The molecular formula is C21H54EuN3O3Si6. The van der Waals surface area contributed by atoms with Crippen molar-refractivity contribution in [3.8, 4) is 0 Å². The topological polar surface area (TPSA) is 60.9 Å². The molecule has 3 amide bonds. The fourth-order valence-electron chi connectivity index (χ4n) is 3.84. The smallest absolute Gasteiger partial charge is 0.573 e. The van der Waals surface area contributed by atoms with E-state index in [1.54, 1.807) is 0 Å². The van der Waals surface area contributed by atoms with E-state index >= 15 is 0 Å². The first-order valence-corrected chi connectivity index (χ1v) is 32.3. The Morgan fingerprint density at radius 3 is 0.412 bits per heavy atom. The molecule has 0 aliphatic rings. The zero-order valence-corrected chi connectivity index (χ0v) is 33.9. The van der Waals surface area contributed by atoms with Gasteiger partial charge in [0.05, 0.1) is 0 Å². The van der Waals surface area contributed by atoms with Gasteiger partial charge >= 0.3 is 49.4 Å². The summed E-state index contributed by atoms with van der Waals surface area (Å²) in [5, 5.41) is 0. The van der Waals surface area contributed by atoms with E-state index in [9.17, 15) is 14.4 Å². The summed E-state index contributed by atoms with van der Waals surface area (Å²) in [7, 11) is -8.70. The minimum Gasteiger partial charge on any atom is -0.573 e. The van der Waals surface area contributed by atoms with Gasteiger partial charge in [0.2, 0.25) is 0 Å². The molecule has 0 aromatic heterocycles. The molecule has 13 heteroatoms. The van der Waals surface area contributed by atoms with Gasteiger partial charge in [-0.05, 0) is 0 Å². The molecule has 0 aromatic carbocycles. The van der Waals surface area contributed by atoms with Gasteiger partial charge < -0.3 is 27.1 Å². The van der Waals surface area contributed by atoms with Crippen molar-refractivity contribution in [1.82, 2.24) is 12.7 Å². The van der Waals surface area contributed by atoms with Crippen molar-refractivity contribution in [2.75, 3.05) is 0 Å². The predicted octanol–water partition coefficient (Wildman–Crippen LogP) is 6.08. The molecule has 0 aliphatic heterocycles. The van der Waals surface area contributed by atoms with E-state index in [2.05, 4.69) is 137 Å². The van der Waals surface area contributed by atoms with Crippen LogP contribution in [-0.2, 0) is 14.4 Å². The summed E-state index contributed by atoms with van der Waals surface area (Å²) in [6.07, 6.45) is 6.27. The molecule has 34 heavy (non-hydrogen) atoms. The van der Waals surface area contributed by atoms with E-state index in [-0.39, 0.29) is 49.4 Å². The van der Waals surface area contributed by atoms with Gasteiger partial charge in [-0.25, -0.2) is 0 Å². The Hall–Kier alpha value is 1.30. The molecule has 0 rings (SSSR count). The van der Waals surface area contributed by atoms with Crippen molar-refractivity contribution >= 4 is 68.6 Å². The standard InChI is InChI=1S/3C7H18NOSi2.Eu/c3*1-10(2,3)8(7-9)11(4,5)6;/h3*1-6H3;/q3*-1;+3. The number of amides is 3. The molecule has 0 aromatic rings. The number of nitrogens with zero attached hydrogens (tertiary/aromatic N) is 3. The molecule has 0 unspecified atom stereocenters. The molecule has 6 nitrogen and oxygen atoms in total. The fraction of sp³-hybridized carbons (Fsp3) is 0.857. The minimum absolute atomic E-state index is 0. The molecule has 0 fully saturated rings. The third-order valence-electron chi connectivity index (χ3n) is 4.30. The molecule has 0 N–H and O–H groups in total. The van der Waals surface area contributed by atoms with Crippen LogP contribution in [0.15, 0.2) is 0 Å². The Bertz CT molecular complexity index is 487. The average Bonchev–Trinajstić information content (AvgIpc) is 2.40. The maximum atomic E-state index is 10.7. The summed E-state index contributed by atoms with van der Waals surface area (Å²) < 4.78 is 5.92. The largest absolute Gasteiger partial charge is 3.00 e.